The van der Waals surface area contributed by atoms with Gasteiger partial charge in [-0.25, -0.2) is 4.52 Å². The van der Waals surface area contributed by atoms with Crippen LogP contribution in [-0.2, 0) is 11.3 Å². The van der Waals surface area contributed by atoms with E-state index in [-0.39, 0.29) is 11.5 Å². The van der Waals surface area contributed by atoms with Crippen molar-refractivity contribution in [2.75, 3.05) is 7.11 Å². The number of nitrogens with zero attached hydrogens (tertiary/aromatic N) is 3. The molecule has 1 N–H and O–H groups in total. The van der Waals surface area contributed by atoms with Crippen LogP contribution in [0.15, 0.2) is 59.4 Å². The molecule has 148 valence electrons. The molecule has 7 nitrogen and oxygen atoms in total. The van der Waals surface area contributed by atoms with Crippen molar-refractivity contribution >= 4 is 22.5 Å². The van der Waals surface area contributed by atoms with Crippen molar-refractivity contribution in [3.8, 4) is 5.75 Å². The van der Waals surface area contributed by atoms with Gasteiger partial charge in [-0.15, -0.1) is 0 Å². The highest BCUT2D eigenvalue weighted by Crippen LogP contribution is 2.25. The smallest absolute Gasteiger partial charge is 0.273 e. The average molecular weight is 390 g/mol. The zero-order valence-corrected chi connectivity index (χ0v) is 16.5. The molecule has 7 heteroatoms. The lowest BCUT2D eigenvalue weighted by molar-refractivity contribution is -0.124. The van der Waals surface area contributed by atoms with Gasteiger partial charge in [0, 0.05) is 29.3 Å². The normalized spacial score (nSPS) is 12.2. The van der Waals surface area contributed by atoms with Crippen LogP contribution in [-0.4, -0.2) is 27.2 Å². The number of methoxy groups -OCH3 is 1. The maximum Gasteiger partial charge on any atom is 0.273 e. The summed E-state index contributed by atoms with van der Waals surface area (Å²) >= 11 is 0. The van der Waals surface area contributed by atoms with E-state index in [9.17, 15) is 9.59 Å². The van der Waals surface area contributed by atoms with E-state index in [0.717, 1.165) is 27.9 Å². The number of aryl methyl sites for hydroxylation is 1. The number of carbonyl (C=O) groups is 1. The summed E-state index contributed by atoms with van der Waals surface area (Å²) in [6, 6.07) is 16.2. The lowest BCUT2D eigenvalue weighted by atomic mass is 10.2. The van der Waals surface area contributed by atoms with E-state index in [1.165, 1.54) is 6.07 Å². The Hall–Kier alpha value is -3.61. The molecule has 29 heavy (non-hydrogen) atoms. The molecule has 0 aliphatic carbocycles. The van der Waals surface area contributed by atoms with Crippen molar-refractivity contribution < 1.29 is 9.53 Å². The zero-order valence-electron chi connectivity index (χ0n) is 16.5. The van der Waals surface area contributed by atoms with Crippen molar-refractivity contribution in [3.63, 3.8) is 0 Å². The number of ether oxygens (including phenoxy) is 1. The van der Waals surface area contributed by atoms with Gasteiger partial charge in [0.05, 0.1) is 12.6 Å². The van der Waals surface area contributed by atoms with Crippen LogP contribution in [0.25, 0.3) is 16.6 Å². The topological polar surface area (TPSA) is 77.6 Å². The first-order valence-corrected chi connectivity index (χ1v) is 9.40. The number of carbonyl (C=O) groups excluding carboxylic acids is 1. The molecule has 1 atom stereocenters. The van der Waals surface area contributed by atoms with Gasteiger partial charge in [-0.1, -0.05) is 30.3 Å². The van der Waals surface area contributed by atoms with E-state index in [4.69, 9.17) is 4.74 Å². The van der Waals surface area contributed by atoms with Crippen LogP contribution in [0.5, 0.6) is 5.75 Å². The third-order valence-electron chi connectivity index (χ3n) is 5.08. The van der Waals surface area contributed by atoms with Crippen molar-refractivity contribution in [1.82, 2.24) is 19.5 Å². The minimum atomic E-state index is -0.518. The lowest BCUT2D eigenvalue weighted by Crippen LogP contribution is -2.32. The first-order chi connectivity index (χ1) is 14.0. The quantitative estimate of drug-likeness (QED) is 0.568. The molecule has 2 heterocycles. The minimum Gasteiger partial charge on any atom is -0.496 e. The van der Waals surface area contributed by atoms with Crippen LogP contribution in [0.1, 0.15) is 24.2 Å². The molecule has 0 bridgehead atoms. The van der Waals surface area contributed by atoms with Crippen LogP contribution in [0.4, 0.5) is 0 Å². The third kappa shape index (κ3) is 3.24. The summed E-state index contributed by atoms with van der Waals surface area (Å²) in [5.74, 6) is 0.589. The second kappa shape index (κ2) is 7.43. The lowest BCUT2D eigenvalue weighted by Gasteiger charge is -2.18. The molecule has 0 aliphatic rings. The van der Waals surface area contributed by atoms with Gasteiger partial charge in [-0.2, -0.15) is 4.98 Å². The SMILES string of the molecule is COc1ccccc1CNC(=O)[C@@H](C)n1c2ccccc2c2nc(=O)cc(C)n21. The van der Waals surface area contributed by atoms with E-state index in [1.54, 1.807) is 7.11 Å². The van der Waals surface area contributed by atoms with Crippen LogP contribution in [0.2, 0.25) is 0 Å². The van der Waals surface area contributed by atoms with Gasteiger partial charge in [0.25, 0.3) is 5.56 Å². The molecule has 0 saturated carbocycles. The summed E-state index contributed by atoms with van der Waals surface area (Å²) in [6.45, 7) is 4.03. The van der Waals surface area contributed by atoms with Crippen molar-refractivity contribution in [3.05, 3.63) is 76.2 Å². The summed E-state index contributed by atoms with van der Waals surface area (Å²) in [7, 11) is 1.61. The number of hydrogen-bond donors (Lipinski definition) is 1. The predicted molar refractivity (Wildman–Crippen MR) is 111 cm³/mol. The highest BCUT2D eigenvalue weighted by Gasteiger charge is 2.22. The van der Waals surface area contributed by atoms with Gasteiger partial charge in [0.15, 0.2) is 5.65 Å². The number of rotatable bonds is 5. The van der Waals surface area contributed by atoms with Crippen LogP contribution < -0.4 is 15.6 Å². The summed E-state index contributed by atoms with van der Waals surface area (Å²) in [5, 5.41) is 3.82. The highest BCUT2D eigenvalue weighted by molar-refractivity contribution is 5.94. The molecule has 0 fully saturated rings. The molecular formula is C22H22N4O3. The molecule has 4 rings (SSSR count). The molecular weight excluding hydrogens is 368 g/mol. The van der Waals surface area contributed by atoms with Crippen LogP contribution in [0, 0.1) is 6.92 Å². The largest absolute Gasteiger partial charge is 0.496 e. The van der Waals surface area contributed by atoms with Gasteiger partial charge < -0.3 is 10.1 Å². The van der Waals surface area contributed by atoms with E-state index < -0.39 is 6.04 Å². The van der Waals surface area contributed by atoms with E-state index in [0.29, 0.717) is 12.2 Å². The Morgan fingerprint density at radius 3 is 2.69 bits per heavy atom. The first kappa shape index (κ1) is 18.7. The minimum absolute atomic E-state index is 0.142. The number of amides is 1. The number of aromatic nitrogens is 3. The first-order valence-electron chi connectivity index (χ1n) is 9.40. The number of para-hydroxylation sites is 2. The molecule has 0 radical (unpaired) electrons. The molecule has 2 aromatic heterocycles. The fourth-order valence-electron chi connectivity index (χ4n) is 3.68. The molecule has 0 saturated heterocycles. The Bertz CT molecular complexity index is 1270. The second-order valence-corrected chi connectivity index (χ2v) is 6.94. The van der Waals surface area contributed by atoms with Gasteiger partial charge in [-0.3, -0.25) is 14.3 Å². The van der Waals surface area contributed by atoms with Crippen LogP contribution >= 0.6 is 0 Å². The number of benzene rings is 2. The van der Waals surface area contributed by atoms with E-state index >= 15 is 0 Å². The van der Waals surface area contributed by atoms with Gasteiger partial charge in [0.2, 0.25) is 5.91 Å². The van der Waals surface area contributed by atoms with E-state index in [1.807, 2.05) is 71.6 Å². The van der Waals surface area contributed by atoms with Gasteiger partial charge in [-0.05, 0) is 32.0 Å². The zero-order chi connectivity index (χ0) is 20.5. The second-order valence-electron chi connectivity index (χ2n) is 6.94. The van der Waals surface area contributed by atoms with Crippen molar-refractivity contribution in [1.29, 1.82) is 0 Å². The fourth-order valence-corrected chi connectivity index (χ4v) is 3.68. The molecule has 4 aromatic rings. The molecule has 0 aliphatic heterocycles. The van der Waals surface area contributed by atoms with Crippen molar-refractivity contribution in [2.45, 2.75) is 26.4 Å². The average Bonchev–Trinajstić information content (AvgIpc) is 3.06. The Morgan fingerprint density at radius 1 is 1.17 bits per heavy atom. The molecule has 2 aromatic carbocycles. The standard InChI is InChI=1S/C22H22N4O3/c1-14-12-20(27)24-21-17-9-5-6-10-18(17)26(25(14)21)15(2)22(28)23-13-16-8-4-7-11-19(16)29-3/h4-12,15H,13H2,1-3H3,(H,23,28)/t15-/m1/s1. The summed E-state index contributed by atoms with van der Waals surface area (Å²) in [4.78, 5) is 29.1. The molecule has 0 spiro atoms. The van der Waals surface area contributed by atoms with Crippen LogP contribution in [0.3, 0.4) is 0 Å². The Labute approximate surface area is 167 Å². The Kier molecular flexibility index (Phi) is 4.80. The van der Waals surface area contributed by atoms with E-state index in [2.05, 4.69) is 10.3 Å². The summed E-state index contributed by atoms with van der Waals surface area (Å²) in [6.07, 6.45) is 0. The van der Waals surface area contributed by atoms with Gasteiger partial charge in [0.1, 0.15) is 11.8 Å². The van der Waals surface area contributed by atoms with Crippen molar-refractivity contribution in [2.24, 2.45) is 0 Å². The molecule has 1 amide bonds. The van der Waals surface area contributed by atoms with Gasteiger partial charge >= 0.3 is 0 Å². The summed E-state index contributed by atoms with van der Waals surface area (Å²) in [5.41, 5.74) is 2.72. The Morgan fingerprint density at radius 2 is 1.90 bits per heavy atom. The maximum atomic E-state index is 13.0. The number of hydrogen-bond acceptors (Lipinski definition) is 4. The summed E-state index contributed by atoms with van der Waals surface area (Å²) < 4.78 is 9.07. The molecule has 0 unspecified atom stereocenters. The Balaban J connectivity index is 1.73. The fraction of sp³-hybridized carbons (Fsp3) is 0.227. The third-order valence-corrected chi connectivity index (χ3v) is 5.08. The maximum absolute atomic E-state index is 13.0. The highest BCUT2D eigenvalue weighted by atomic mass is 16.5. The monoisotopic (exact) mass is 390 g/mol. The number of fused-ring (bicyclic) bond motifs is 3. The predicted octanol–water partition coefficient (Wildman–Crippen LogP) is 2.84. The number of nitrogens with one attached hydrogen (secondary N) is 1.